The van der Waals surface area contributed by atoms with E-state index in [1.165, 1.54) is 25.7 Å². The van der Waals surface area contributed by atoms with Crippen molar-refractivity contribution in [3.63, 3.8) is 0 Å². The second-order valence-corrected chi connectivity index (χ2v) is 5.59. The van der Waals surface area contributed by atoms with E-state index in [0.29, 0.717) is 12.0 Å². The fourth-order valence-electron chi connectivity index (χ4n) is 2.84. The minimum absolute atomic E-state index is 0. The minimum atomic E-state index is 0. The largest absolute Gasteiger partial charge is 0.353 e. The molecule has 1 saturated heterocycles. The van der Waals surface area contributed by atoms with Gasteiger partial charge >= 0.3 is 0 Å². The van der Waals surface area contributed by atoms with Crippen LogP contribution in [0.2, 0.25) is 0 Å². The van der Waals surface area contributed by atoms with E-state index in [-0.39, 0.29) is 18.3 Å². The summed E-state index contributed by atoms with van der Waals surface area (Å²) in [5.41, 5.74) is 0. The van der Waals surface area contributed by atoms with Crippen LogP contribution < -0.4 is 10.6 Å². The molecule has 100 valence electrons. The van der Waals surface area contributed by atoms with Crippen LogP contribution in [-0.4, -0.2) is 25.0 Å². The van der Waals surface area contributed by atoms with Crippen molar-refractivity contribution < 1.29 is 4.79 Å². The summed E-state index contributed by atoms with van der Waals surface area (Å²) in [6, 6.07) is 0.457. The maximum Gasteiger partial charge on any atom is 0.220 e. The van der Waals surface area contributed by atoms with Crippen LogP contribution in [0.4, 0.5) is 0 Å². The first-order chi connectivity index (χ1) is 7.74. The molecule has 0 radical (unpaired) electrons. The third kappa shape index (κ3) is 4.84. The lowest BCUT2D eigenvalue weighted by molar-refractivity contribution is -0.122. The van der Waals surface area contributed by atoms with Crippen LogP contribution in [0.5, 0.6) is 0 Å². The lowest BCUT2D eigenvalue weighted by atomic mass is 9.87. The van der Waals surface area contributed by atoms with Gasteiger partial charge in [-0.1, -0.05) is 6.92 Å². The highest BCUT2D eigenvalue weighted by molar-refractivity contribution is 5.85. The summed E-state index contributed by atoms with van der Waals surface area (Å²) in [4.78, 5) is 11.8. The van der Waals surface area contributed by atoms with E-state index in [1.807, 2.05) is 0 Å². The lowest BCUT2D eigenvalue weighted by Gasteiger charge is -2.27. The van der Waals surface area contributed by atoms with Gasteiger partial charge in [0.2, 0.25) is 5.91 Å². The highest BCUT2D eigenvalue weighted by Gasteiger charge is 2.22. The number of nitrogens with one attached hydrogen (secondary N) is 2. The molecule has 1 aliphatic carbocycles. The summed E-state index contributed by atoms with van der Waals surface area (Å²) < 4.78 is 0. The highest BCUT2D eigenvalue weighted by Crippen LogP contribution is 2.23. The maximum atomic E-state index is 11.8. The molecule has 0 spiro atoms. The fraction of sp³-hybridized carbons (Fsp3) is 0.923. The van der Waals surface area contributed by atoms with E-state index in [0.717, 1.165) is 31.8 Å². The van der Waals surface area contributed by atoms with Crippen molar-refractivity contribution in [3.05, 3.63) is 0 Å². The molecule has 17 heavy (non-hydrogen) atoms. The Morgan fingerprint density at radius 1 is 1.24 bits per heavy atom. The monoisotopic (exact) mass is 260 g/mol. The molecule has 1 heterocycles. The molecule has 3 nitrogen and oxygen atoms in total. The van der Waals surface area contributed by atoms with E-state index in [1.54, 1.807) is 0 Å². The standard InChI is InChI=1S/C13H24N2O.ClH/c1-10-2-4-12(5-3-10)15-13(16)8-11-6-7-14-9-11;/h10-12,14H,2-9H2,1H3,(H,15,16);1H. The van der Waals surface area contributed by atoms with Crippen LogP contribution in [0.15, 0.2) is 0 Å². The lowest BCUT2D eigenvalue weighted by Crippen LogP contribution is -2.38. The normalized spacial score (nSPS) is 32.9. The van der Waals surface area contributed by atoms with Gasteiger partial charge in [-0.2, -0.15) is 0 Å². The second-order valence-electron chi connectivity index (χ2n) is 5.59. The average Bonchev–Trinajstić information content (AvgIpc) is 2.74. The van der Waals surface area contributed by atoms with Gasteiger partial charge in [-0.25, -0.2) is 0 Å². The van der Waals surface area contributed by atoms with Gasteiger partial charge in [0.15, 0.2) is 0 Å². The summed E-state index contributed by atoms with van der Waals surface area (Å²) in [5.74, 6) is 1.70. The summed E-state index contributed by atoms with van der Waals surface area (Å²) in [5, 5.41) is 6.51. The molecule has 0 aromatic carbocycles. The first kappa shape index (κ1) is 14.8. The summed E-state index contributed by atoms with van der Waals surface area (Å²) in [7, 11) is 0. The van der Waals surface area contributed by atoms with Crippen molar-refractivity contribution in [1.82, 2.24) is 10.6 Å². The Morgan fingerprint density at radius 2 is 1.94 bits per heavy atom. The Hall–Kier alpha value is -0.280. The quantitative estimate of drug-likeness (QED) is 0.816. The van der Waals surface area contributed by atoms with Gasteiger partial charge in [0.05, 0.1) is 0 Å². The zero-order valence-corrected chi connectivity index (χ0v) is 11.5. The van der Waals surface area contributed by atoms with Gasteiger partial charge in [0.1, 0.15) is 0 Å². The van der Waals surface area contributed by atoms with Crippen LogP contribution >= 0.6 is 12.4 Å². The van der Waals surface area contributed by atoms with Crippen molar-refractivity contribution in [2.75, 3.05) is 13.1 Å². The molecular formula is C13H25ClN2O. The van der Waals surface area contributed by atoms with Crippen LogP contribution in [0.3, 0.4) is 0 Å². The molecule has 0 bridgehead atoms. The number of hydrogen-bond acceptors (Lipinski definition) is 2. The molecule has 1 atom stereocenters. The predicted octanol–water partition coefficient (Wildman–Crippen LogP) is 2.10. The Morgan fingerprint density at radius 3 is 2.53 bits per heavy atom. The van der Waals surface area contributed by atoms with Crippen LogP contribution in [0, 0.1) is 11.8 Å². The van der Waals surface area contributed by atoms with Crippen molar-refractivity contribution >= 4 is 18.3 Å². The molecule has 1 saturated carbocycles. The zero-order valence-electron chi connectivity index (χ0n) is 10.7. The minimum Gasteiger partial charge on any atom is -0.353 e. The number of rotatable bonds is 3. The van der Waals surface area contributed by atoms with Crippen LogP contribution in [-0.2, 0) is 4.79 Å². The second kappa shape index (κ2) is 7.22. The van der Waals surface area contributed by atoms with Gasteiger partial charge in [0.25, 0.3) is 0 Å². The number of amides is 1. The third-order valence-electron chi connectivity index (χ3n) is 4.02. The number of carbonyl (C=O) groups excluding carboxylic acids is 1. The maximum absolute atomic E-state index is 11.8. The SMILES string of the molecule is CC1CCC(NC(=O)CC2CCNC2)CC1.Cl. The number of halogens is 1. The van der Waals surface area contributed by atoms with Crippen molar-refractivity contribution in [2.45, 2.75) is 51.5 Å². The van der Waals surface area contributed by atoms with Crippen LogP contribution in [0.25, 0.3) is 0 Å². The smallest absolute Gasteiger partial charge is 0.220 e. The topological polar surface area (TPSA) is 41.1 Å². The summed E-state index contributed by atoms with van der Waals surface area (Å²) >= 11 is 0. The Balaban J connectivity index is 0.00000144. The van der Waals surface area contributed by atoms with Crippen molar-refractivity contribution in [1.29, 1.82) is 0 Å². The van der Waals surface area contributed by atoms with Gasteiger partial charge in [0, 0.05) is 12.5 Å². The molecular weight excluding hydrogens is 236 g/mol. The van der Waals surface area contributed by atoms with Gasteiger partial charge in [-0.05, 0) is 57.0 Å². The van der Waals surface area contributed by atoms with E-state index in [4.69, 9.17) is 0 Å². The van der Waals surface area contributed by atoms with Crippen molar-refractivity contribution in [3.8, 4) is 0 Å². The summed E-state index contributed by atoms with van der Waals surface area (Å²) in [6.45, 7) is 4.41. The molecule has 1 amide bonds. The molecule has 2 rings (SSSR count). The van der Waals surface area contributed by atoms with Gasteiger partial charge < -0.3 is 10.6 Å². The van der Waals surface area contributed by atoms with Crippen LogP contribution in [0.1, 0.15) is 45.4 Å². The Kier molecular flexibility index (Phi) is 6.28. The highest BCUT2D eigenvalue weighted by atomic mass is 35.5. The van der Waals surface area contributed by atoms with E-state index in [2.05, 4.69) is 17.6 Å². The first-order valence-corrected chi connectivity index (χ1v) is 6.74. The van der Waals surface area contributed by atoms with E-state index < -0.39 is 0 Å². The number of carbonyl (C=O) groups is 1. The first-order valence-electron chi connectivity index (χ1n) is 6.74. The zero-order chi connectivity index (χ0) is 11.4. The predicted molar refractivity (Wildman–Crippen MR) is 72.4 cm³/mol. The molecule has 2 aliphatic rings. The molecule has 2 N–H and O–H groups in total. The Labute approximate surface area is 111 Å². The van der Waals surface area contributed by atoms with E-state index in [9.17, 15) is 4.79 Å². The summed E-state index contributed by atoms with van der Waals surface area (Å²) in [6.07, 6.45) is 6.78. The molecule has 1 unspecified atom stereocenters. The molecule has 0 aromatic rings. The van der Waals surface area contributed by atoms with E-state index >= 15 is 0 Å². The third-order valence-corrected chi connectivity index (χ3v) is 4.02. The molecule has 0 aromatic heterocycles. The average molecular weight is 261 g/mol. The number of hydrogen-bond donors (Lipinski definition) is 2. The molecule has 2 fully saturated rings. The van der Waals surface area contributed by atoms with Crippen molar-refractivity contribution in [2.24, 2.45) is 11.8 Å². The van der Waals surface area contributed by atoms with Gasteiger partial charge in [-0.3, -0.25) is 4.79 Å². The Bertz CT molecular complexity index is 234. The molecule has 4 heteroatoms. The fourth-order valence-corrected chi connectivity index (χ4v) is 2.84. The molecule has 1 aliphatic heterocycles. The van der Waals surface area contributed by atoms with Gasteiger partial charge in [-0.15, -0.1) is 12.4 Å².